The molecule has 0 amide bonds. The summed E-state index contributed by atoms with van der Waals surface area (Å²) in [5.41, 5.74) is 1.71. The van der Waals surface area contributed by atoms with Gasteiger partial charge < -0.3 is 10.1 Å². The molecule has 0 spiro atoms. The van der Waals surface area contributed by atoms with Gasteiger partial charge in [-0.15, -0.1) is 0 Å². The Bertz CT molecular complexity index is 374. The third-order valence-corrected chi connectivity index (χ3v) is 2.45. The number of hydrogen-bond donors (Lipinski definition) is 1. The van der Waals surface area contributed by atoms with Gasteiger partial charge in [0, 0.05) is 18.5 Å². The van der Waals surface area contributed by atoms with Crippen molar-refractivity contribution in [2.24, 2.45) is 0 Å². The van der Waals surface area contributed by atoms with Crippen LogP contribution in [0.5, 0.6) is 5.75 Å². The summed E-state index contributed by atoms with van der Waals surface area (Å²) in [4.78, 5) is 11.7. The van der Waals surface area contributed by atoms with Crippen LogP contribution in [0.1, 0.15) is 30.1 Å². The summed E-state index contributed by atoms with van der Waals surface area (Å²) in [5.74, 6) is 1.04. The first-order valence-electron chi connectivity index (χ1n) is 5.35. The number of anilines is 1. The van der Waals surface area contributed by atoms with Crippen molar-refractivity contribution in [3.8, 4) is 5.75 Å². The topological polar surface area (TPSA) is 38.3 Å². The zero-order chi connectivity index (χ0) is 10.7. The molecule has 0 saturated carbocycles. The maximum absolute atomic E-state index is 11.7. The van der Waals surface area contributed by atoms with Gasteiger partial charge in [-0.25, -0.2) is 0 Å². The molecule has 1 heterocycles. The predicted octanol–water partition coefficient (Wildman–Crippen LogP) is 2.47. The smallest absolute Gasteiger partial charge is 0.162 e. The molecule has 0 aliphatic carbocycles. The first-order chi connectivity index (χ1) is 7.31. The van der Waals surface area contributed by atoms with E-state index in [0.29, 0.717) is 13.0 Å². The maximum atomic E-state index is 11.7. The van der Waals surface area contributed by atoms with E-state index < -0.39 is 0 Å². The molecular weight excluding hydrogens is 190 g/mol. The van der Waals surface area contributed by atoms with Crippen LogP contribution in [0, 0.1) is 0 Å². The number of ether oxygens (including phenoxy) is 1. The molecular formula is C12H15NO2. The van der Waals surface area contributed by atoms with Crippen molar-refractivity contribution in [3.05, 3.63) is 23.8 Å². The van der Waals surface area contributed by atoms with Gasteiger partial charge in [-0.1, -0.05) is 6.92 Å². The monoisotopic (exact) mass is 205 g/mol. The first kappa shape index (κ1) is 10.0. The number of benzene rings is 1. The van der Waals surface area contributed by atoms with Crippen LogP contribution >= 0.6 is 0 Å². The average molecular weight is 205 g/mol. The molecule has 3 heteroatoms. The number of carbonyl (C=O) groups is 1. The van der Waals surface area contributed by atoms with Crippen molar-refractivity contribution in [2.45, 2.75) is 19.8 Å². The van der Waals surface area contributed by atoms with E-state index in [1.807, 2.05) is 25.1 Å². The Balaban J connectivity index is 2.24. The minimum atomic E-state index is 0.202. The minimum absolute atomic E-state index is 0.202. The standard InChI is InChI=1S/C12H15NO2/c1-2-3-11(14)9-4-5-12-10(8-9)13-6-7-15-12/h4-5,8,13H,2-3,6-7H2,1H3. The second-order valence-corrected chi connectivity index (χ2v) is 3.66. The van der Waals surface area contributed by atoms with Gasteiger partial charge in [-0.3, -0.25) is 4.79 Å². The number of hydrogen-bond acceptors (Lipinski definition) is 3. The third kappa shape index (κ3) is 2.12. The van der Waals surface area contributed by atoms with Crippen LogP contribution in [0.4, 0.5) is 5.69 Å². The molecule has 1 N–H and O–H groups in total. The maximum Gasteiger partial charge on any atom is 0.162 e. The fourth-order valence-corrected chi connectivity index (χ4v) is 1.69. The molecule has 3 nitrogen and oxygen atoms in total. The second kappa shape index (κ2) is 4.34. The first-order valence-corrected chi connectivity index (χ1v) is 5.35. The van der Waals surface area contributed by atoms with Crippen LogP contribution in [-0.2, 0) is 0 Å². The summed E-state index contributed by atoms with van der Waals surface area (Å²) in [7, 11) is 0. The highest BCUT2D eigenvalue weighted by Gasteiger charge is 2.12. The SMILES string of the molecule is CCCC(=O)c1ccc2c(c1)NCCO2. The van der Waals surface area contributed by atoms with Gasteiger partial charge >= 0.3 is 0 Å². The van der Waals surface area contributed by atoms with Crippen molar-refractivity contribution in [1.29, 1.82) is 0 Å². The Labute approximate surface area is 89.4 Å². The van der Waals surface area contributed by atoms with E-state index in [0.717, 1.165) is 30.0 Å². The lowest BCUT2D eigenvalue weighted by molar-refractivity contribution is 0.0981. The Hall–Kier alpha value is -1.51. The van der Waals surface area contributed by atoms with Gasteiger partial charge in [-0.05, 0) is 24.6 Å². The van der Waals surface area contributed by atoms with Crippen LogP contribution in [-0.4, -0.2) is 18.9 Å². The van der Waals surface area contributed by atoms with Gasteiger partial charge in [0.05, 0.1) is 5.69 Å². The van der Waals surface area contributed by atoms with Gasteiger partial charge in [0.25, 0.3) is 0 Å². The lowest BCUT2D eigenvalue weighted by Crippen LogP contribution is -2.18. The Morgan fingerprint density at radius 3 is 3.20 bits per heavy atom. The van der Waals surface area contributed by atoms with E-state index in [1.54, 1.807) is 0 Å². The molecule has 0 unspecified atom stereocenters. The second-order valence-electron chi connectivity index (χ2n) is 3.66. The summed E-state index contributed by atoms with van der Waals surface area (Å²) in [6, 6.07) is 5.58. The summed E-state index contributed by atoms with van der Waals surface area (Å²) in [6.45, 7) is 3.51. The number of nitrogens with one attached hydrogen (secondary N) is 1. The lowest BCUT2D eigenvalue weighted by Gasteiger charge is -2.19. The molecule has 80 valence electrons. The number of ketones is 1. The van der Waals surface area contributed by atoms with Crippen LogP contribution in [0.3, 0.4) is 0 Å². The summed E-state index contributed by atoms with van der Waals surface area (Å²) < 4.78 is 5.44. The van der Waals surface area contributed by atoms with Crippen molar-refractivity contribution in [3.63, 3.8) is 0 Å². The van der Waals surface area contributed by atoms with E-state index in [2.05, 4.69) is 5.32 Å². The van der Waals surface area contributed by atoms with Crippen LogP contribution in [0.15, 0.2) is 18.2 Å². The molecule has 15 heavy (non-hydrogen) atoms. The Kier molecular flexibility index (Phi) is 2.90. The molecule has 0 aromatic heterocycles. The summed E-state index contributed by atoms with van der Waals surface area (Å²) in [5, 5.41) is 3.22. The molecule has 1 aliphatic heterocycles. The van der Waals surface area contributed by atoms with E-state index >= 15 is 0 Å². The van der Waals surface area contributed by atoms with E-state index in [9.17, 15) is 4.79 Å². The minimum Gasteiger partial charge on any atom is -0.490 e. The van der Waals surface area contributed by atoms with Crippen molar-refractivity contribution in [1.82, 2.24) is 0 Å². The van der Waals surface area contributed by atoms with Crippen molar-refractivity contribution in [2.75, 3.05) is 18.5 Å². The fraction of sp³-hybridized carbons (Fsp3) is 0.417. The number of carbonyl (C=O) groups excluding carboxylic acids is 1. The molecule has 0 fully saturated rings. The average Bonchev–Trinajstić information content (AvgIpc) is 2.29. The highest BCUT2D eigenvalue weighted by Crippen LogP contribution is 2.28. The molecule has 1 aromatic rings. The van der Waals surface area contributed by atoms with Crippen molar-refractivity contribution < 1.29 is 9.53 Å². The predicted molar refractivity (Wildman–Crippen MR) is 59.7 cm³/mol. The van der Waals surface area contributed by atoms with E-state index in [-0.39, 0.29) is 5.78 Å². The Morgan fingerprint density at radius 1 is 1.53 bits per heavy atom. The Morgan fingerprint density at radius 2 is 2.40 bits per heavy atom. The quantitative estimate of drug-likeness (QED) is 0.770. The van der Waals surface area contributed by atoms with E-state index in [1.165, 1.54) is 0 Å². The zero-order valence-corrected chi connectivity index (χ0v) is 8.88. The van der Waals surface area contributed by atoms with Gasteiger partial charge in [0.2, 0.25) is 0 Å². The molecule has 0 bridgehead atoms. The molecule has 1 aliphatic rings. The molecule has 2 rings (SSSR count). The lowest BCUT2D eigenvalue weighted by atomic mass is 10.1. The highest BCUT2D eigenvalue weighted by atomic mass is 16.5. The van der Waals surface area contributed by atoms with Gasteiger partial charge in [-0.2, -0.15) is 0 Å². The molecule has 0 atom stereocenters. The highest BCUT2D eigenvalue weighted by molar-refractivity contribution is 5.97. The van der Waals surface area contributed by atoms with Gasteiger partial charge in [0.15, 0.2) is 5.78 Å². The van der Waals surface area contributed by atoms with Crippen LogP contribution in [0.2, 0.25) is 0 Å². The summed E-state index contributed by atoms with van der Waals surface area (Å²) >= 11 is 0. The number of Topliss-reactive ketones (excluding diaryl/α,β-unsaturated/α-hetero) is 1. The third-order valence-electron chi connectivity index (χ3n) is 2.45. The zero-order valence-electron chi connectivity index (χ0n) is 8.88. The molecule has 1 aromatic carbocycles. The van der Waals surface area contributed by atoms with Crippen molar-refractivity contribution >= 4 is 11.5 Å². The number of rotatable bonds is 3. The molecule has 0 saturated heterocycles. The van der Waals surface area contributed by atoms with Crippen LogP contribution < -0.4 is 10.1 Å². The molecule has 0 radical (unpaired) electrons. The van der Waals surface area contributed by atoms with Gasteiger partial charge in [0.1, 0.15) is 12.4 Å². The fourth-order valence-electron chi connectivity index (χ4n) is 1.69. The van der Waals surface area contributed by atoms with E-state index in [4.69, 9.17) is 4.74 Å². The number of fused-ring (bicyclic) bond motifs is 1. The van der Waals surface area contributed by atoms with Crippen LogP contribution in [0.25, 0.3) is 0 Å². The summed E-state index contributed by atoms with van der Waals surface area (Å²) in [6.07, 6.45) is 1.50. The normalized spacial score (nSPS) is 13.7. The largest absolute Gasteiger partial charge is 0.490 e.